The molecule has 2 aliphatic heterocycles. The van der Waals surface area contributed by atoms with Gasteiger partial charge in [0, 0.05) is 19.6 Å². The smallest absolute Gasteiger partial charge is 0.324 e. The van der Waals surface area contributed by atoms with E-state index in [4.69, 9.17) is 4.52 Å². The maximum absolute atomic E-state index is 12.3. The van der Waals surface area contributed by atoms with Gasteiger partial charge < -0.3 is 19.3 Å². The second-order valence-electron chi connectivity index (χ2n) is 7.67. The Morgan fingerprint density at radius 3 is 2.65 bits per heavy atom. The molecule has 3 rings (SSSR count). The Labute approximate surface area is 179 Å². The van der Waals surface area contributed by atoms with Crippen LogP contribution in [0, 0.1) is 13.8 Å². The number of aryl methyl sites for hydroxylation is 2. The van der Waals surface area contributed by atoms with E-state index in [1.165, 1.54) is 0 Å². The molecule has 0 fully saturated rings. The van der Waals surface area contributed by atoms with Gasteiger partial charge in [-0.1, -0.05) is 6.92 Å². The van der Waals surface area contributed by atoms with Crippen LogP contribution < -0.4 is 16.6 Å². The number of hydrogen-bond donors (Lipinski definition) is 3. The zero-order chi connectivity index (χ0) is 22.8. The molecule has 0 aromatic heterocycles. The third-order valence-corrected chi connectivity index (χ3v) is 6.71. The van der Waals surface area contributed by atoms with Crippen LogP contribution in [0.3, 0.4) is 0 Å². The Morgan fingerprint density at radius 1 is 1.23 bits per heavy atom. The summed E-state index contributed by atoms with van der Waals surface area (Å²) in [4.78, 5) is 44.6. The second-order valence-corrected chi connectivity index (χ2v) is 9.60. The molecular weight excluding hydrogens is 421 g/mol. The van der Waals surface area contributed by atoms with Crippen LogP contribution >= 0.6 is 7.60 Å². The van der Waals surface area contributed by atoms with Crippen LogP contribution in [0.5, 0.6) is 0 Å². The summed E-state index contributed by atoms with van der Waals surface area (Å²) < 4.78 is 19.1. The van der Waals surface area contributed by atoms with Gasteiger partial charge in [0.1, 0.15) is 0 Å². The van der Waals surface area contributed by atoms with Gasteiger partial charge in [0.2, 0.25) is 0 Å². The molecule has 2 atom stereocenters. The number of rotatable bonds is 9. The number of hydrogen-bond acceptors (Lipinski definition) is 7. The van der Waals surface area contributed by atoms with Crippen molar-refractivity contribution < 1.29 is 14.0 Å². The maximum atomic E-state index is 12.3. The van der Waals surface area contributed by atoms with Crippen molar-refractivity contribution in [2.24, 2.45) is 0 Å². The van der Waals surface area contributed by atoms with E-state index in [0.29, 0.717) is 25.0 Å². The molecular formula is C20H28N5O5P. The Morgan fingerprint density at radius 2 is 1.94 bits per heavy atom. The van der Waals surface area contributed by atoms with Gasteiger partial charge in [-0.25, -0.2) is 9.78 Å². The summed E-state index contributed by atoms with van der Waals surface area (Å²) in [5.41, 5.74) is 2.25. The van der Waals surface area contributed by atoms with E-state index in [0.717, 1.165) is 16.6 Å². The van der Waals surface area contributed by atoms with Gasteiger partial charge in [-0.15, -0.1) is 0 Å². The van der Waals surface area contributed by atoms with E-state index in [9.17, 15) is 19.0 Å². The lowest BCUT2D eigenvalue weighted by Gasteiger charge is -2.19. The fraction of sp³-hybridized carbons (Fsp3) is 0.500. The number of aromatic nitrogens is 4. The first-order valence-corrected chi connectivity index (χ1v) is 12.0. The minimum absolute atomic E-state index is 0.0131. The summed E-state index contributed by atoms with van der Waals surface area (Å²) in [5.74, 6) is 0.208. The molecule has 168 valence electrons. The first-order valence-electron chi connectivity index (χ1n) is 10.2. The summed E-state index contributed by atoms with van der Waals surface area (Å²) in [7, 11) is -3.66. The summed E-state index contributed by atoms with van der Waals surface area (Å²) >= 11 is 0. The summed E-state index contributed by atoms with van der Waals surface area (Å²) in [6.07, 6.45) is 0.364. The molecule has 31 heavy (non-hydrogen) atoms. The van der Waals surface area contributed by atoms with Crippen molar-refractivity contribution in [3.05, 3.63) is 44.1 Å². The van der Waals surface area contributed by atoms with Crippen molar-refractivity contribution in [1.82, 2.24) is 24.8 Å². The SMILES string of the molecule is CCC(C)OP(=O)(O)CCNCCn1c2nc(=O)[nH]c(=O)c-2nc2cc(C)c(C)cc21. The van der Waals surface area contributed by atoms with E-state index >= 15 is 0 Å². The topological polar surface area (TPSA) is 139 Å². The van der Waals surface area contributed by atoms with Gasteiger partial charge in [0.25, 0.3) is 5.56 Å². The molecule has 1 aromatic rings. The molecule has 0 saturated heterocycles. The summed E-state index contributed by atoms with van der Waals surface area (Å²) in [6, 6.07) is 3.85. The number of benzene rings is 1. The second kappa shape index (κ2) is 9.40. The standard InChI is InChI=1S/C20H28N5O5P/c1-5-14(4)30-31(28,29)9-7-21-6-8-25-16-11-13(3)12(2)10-15(16)22-17-18(25)23-20(27)24-19(17)26/h10-11,14,21H,5-9H2,1-4H3,(H,28,29)(H,24,26,27). The molecule has 0 saturated carbocycles. The molecule has 0 amide bonds. The largest absolute Gasteiger partial charge is 0.349 e. The molecule has 0 radical (unpaired) electrons. The highest BCUT2D eigenvalue weighted by atomic mass is 31.2. The number of nitrogens with one attached hydrogen (secondary N) is 2. The van der Waals surface area contributed by atoms with Crippen LogP contribution in [0.2, 0.25) is 0 Å². The van der Waals surface area contributed by atoms with Crippen LogP contribution in [0.25, 0.3) is 22.6 Å². The summed E-state index contributed by atoms with van der Waals surface area (Å²) in [6.45, 7) is 8.68. The van der Waals surface area contributed by atoms with Crippen LogP contribution in [0.15, 0.2) is 21.7 Å². The predicted octanol–water partition coefficient (Wildman–Crippen LogP) is 1.79. The van der Waals surface area contributed by atoms with Gasteiger partial charge in [-0.2, -0.15) is 4.98 Å². The van der Waals surface area contributed by atoms with Crippen LogP contribution in [-0.4, -0.2) is 49.8 Å². The van der Waals surface area contributed by atoms with E-state index < -0.39 is 18.8 Å². The van der Waals surface area contributed by atoms with Crippen molar-refractivity contribution >= 4 is 18.6 Å². The average molecular weight is 449 g/mol. The van der Waals surface area contributed by atoms with Gasteiger partial charge in [-0.3, -0.25) is 14.3 Å². The Balaban J connectivity index is 1.83. The van der Waals surface area contributed by atoms with Gasteiger partial charge in [0.05, 0.1) is 23.3 Å². The molecule has 2 unspecified atom stereocenters. The third kappa shape index (κ3) is 5.46. The lowest BCUT2D eigenvalue weighted by atomic mass is 10.1. The molecule has 0 spiro atoms. The number of fused-ring (bicyclic) bond motifs is 2. The van der Waals surface area contributed by atoms with E-state index in [1.807, 2.05) is 32.9 Å². The zero-order valence-electron chi connectivity index (χ0n) is 18.1. The maximum Gasteiger partial charge on any atom is 0.349 e. The summed E-state index contributed by atoms with van der Waals surface area (Å²) in [5, 5.41) is 3.12. The lowest BCUT2D eigenvalue weighted by molar-refractivity contribution is 0.185. The fourth-order valence-corrected chi connectivity index (χ4v) is 4.48. The minimum Gasteiger partial charge on any atom is -0.324 e. The molecule has 2 aliphatic rings. The normalized spacial score (nSPS) is 14.7. The fourth-order valence-electron chi connectivity index (χ4n) is 3.22. The molecule has 11 heteroatoms. The molecule has 10 nitrogen and oxygen atoms in total. The predicted molar refractivity (Wildman–Crippen MR) is 119 cm³/mol. The quantitative estimate of drug-likeness (QED) is 0.255. The van der Waals surface area contributed by atoms with Gasteiger partial charge in [0.15, 0.2) is 11.5 Å². The Kier molecular flexibility index (Phi) is 7.06. The van der Waals surface area contributed by atoms with Gasteiger partial charge in [-0.05, 0) is 50.5 Å². The third-order valence-electron chi connectivity index (χ3n) is 5.23. The Bertz CT molecular complexity index is 1220. The Hall–Kier alpha value is -2.39. The highest BCUT2D eigenvalue weighted by Gasteiger charge is 2.22. The van der Waals surface area contributed by atoms with E-state index in [1.54, 1.807) is 11.5 Å². The highest BCUT2D eigenvalue weighted by Crippen LogP contribution is 2.42. The van der Waals surface area contributed by atoms with Crippen molar-refractivity contribution in [2.45, 2.75) is 46.8 Å². The minimum atomic E-state index is -3.66. The van der Waals surface area contributed by atoms with Crippen LogP contribution in [-0.2, 0) is 15.6 Å². The number of aromatic amines is 1. The first-order chi connectivity index (χ1) is 14.6. The lowest BCUT2D eigenvalue weighted by Crippen LogP contribution is -2.31. The molecule has 0 bridgehead atoms. The molecule has 2 heterocycles. The molecule has 1 aromatic carbocycles. The first kappa shape index (κ1) is 23.3. The number of nitrogens with zero attached hydrogens (tertiary/aromatic N) is 3. The van der Waals surface area contributed by atoms with Crippen molar-refractivity contribution in [3.63, 3.8) is 0 Å². The van der Waals surface area contributed by atoms with E-state index in [-0.39, 0.29) is 30.3 Å². The van der Waals surface area contributed by atoms with Crippen molar-refractivity contribution in [2.75, 3.05) is 19.3 Å². The van der Waals surface area contributed by atoms with Crippen molar-refractivity contribution in [3.8, 4) is 11.5 Å². The monoisotopic (exact) mass is 449 g/mol. The van der Waals surface area contributed by atoms with Gasteiger partial charge >= 0.3 is 13.3 Å². The number of H-pyrrole nitrogens is 1. The van der Waals surface area contributed by atoms with Crippen LogP contribution in [0.4, 0.5) is 0 Å². The molecule has 0 aliphatic carbocycles. The van der Waals surface area contributed by atoms with Crippen LogP contribution in [0.1, 0.15) is 31.4 Å². The molecule has 3 N–H and O–H groups in total. The van der Waals surface area contributed by atoms with Crippen molar-refractivity contribution in [1.29, 1.82) is 0 Å². The van der Waals surface area contributed by atoms with E-state index in [2.05, 4.69) is 20.3 Å². The average Bonchev–Trinajstić information content (AvgIpc) is 2.68. The zero-order valence-corrected chi connectivity index (χ0v) is 19.0. The highest BCUT2D eigenvalue weighted by molar-refractivity contribution is 7.52.